The summed E-state index contributed by atoms with van der Waals surface area (Å²) in [5.74, 6) is 2.20. The molecule has 0 radical (unpaired) electrons. The van der Waals surface area contributed by atoms with Gasteiger partial charge in [0.05, 0.1) is 13.7 Å². The molecule has 1 unspecified atom stereocenters. The zero-order valence-electron chi connectivity index (χ0n) is 8.50. The lowest BCUT2D eigenvalue weighted by molar-refractivity contribution is 0.272. The van der Waals surface area contributed by atoms with Gasteiger partial charge in [0.15, 0.2) is 0 Å². The lowest BCUT2D eigenvalue weighted by Gasteiger charge is -2.10. The van der Waals surface area contributed by atoms with Crippen LogP contribution >= 0.6 is 15.9 Å². The van der Waals surface area contributed by atoms with E-state index in [2.05, 4.69) is 22.9 Å². The van der Waals surface area contributed by atoms with Crippen LogP contribution in [0.15, 0.2) is 24.3 Å². The molecule has 3 heteroatoms. The van der Waals surface area contributed by atoms with Crippen LogP contribution in [0.2, 0.25) is 0 Å². The Bertz CT molecular complexity index is 276. The predicted octanol–water partition coefficient (Wildman–Crippen LogP) is 3.11. The fourth-order valence-corrected chi connectivity index (χ4v) is 1.16. The molecule has 0 saturated heterocycles. The molecule has 0 saturated carbocycles. The molecule has 0 amide bonds. The first-order valence-electron chi connectivity index (χ1n) is 4.59. The van der Waals surface area contributed by atoms with Gasteiger partial charge in [0.2, 0.25) is 0 Å². The van der Waals surface area contributed by atoms with Crippen LogP contribution in [0.3, 0.4) is 0 Å². The first-order chi connectivity index (χ1) is 6.76. The summed E-state index contributed by atoms with van der Waals surface area (Å²) in [4.78, 5) is 0. The lowest BCUT2D eigenvalue weighted by atomic mass is 10.2. The molecule has 0 bridgehead atoms. The third kappa shape index (κ3) is 3.58. The molecule has 14 heavy (non-hydrogen) atoms. The summed E-state index contributed by atoms with van der Waals surface area (Å²) in [6.07, 6.45) is 0. The van der Waals surface area contributed by atoms with Gasteiger partial charge in [-0.25, -0.2) is 0 Å². The highest BCUT2D eigenvalue weighted by molar-refractivity contribution is 9.09. The molecule has 1 aromatic carbocycles. The van der Waals surface area contributed by atoms with Crippen molar-refractivity contribution >= 4 is 15.9 Å². The summed E-state index contributed by atoms with van der Waals surface area (Å²) in [5.41, 5.74) is 0. The zero-order valence-corrected chi connectivity index (χ0v) is 10.1. The van der Waals surface area contributed by atoms with E-state index in [4.69, 9.17) is 9.47 Å². The molecule has 0 fully saturated rings. The fourth-order valence-electron chi connectivity index (χ4n) is 0.974. The molecule has 0 N–H and O–H groups in total. The molecule has 0 aliphatic rings. The van der Waals surface area contributed by atoms with Gasteiger partial charge < -0.3 is 9.47 Å². The van der Waals surface area contributed by atoms with Gasteiger partial charge in [-0.05, 0) is 18.1 Å². The van der Waals surface area contributed by atoms with E-state index in [1.165, 1.54) is 0 Å². The highest BCUT2D eigenvalue weighted by Crippen LogP contribution is 2.19. The van der Waals surface area contributed by atoms with Gasteiger partial charge in [0, 0.05) is 11.4 Å². The topological polar surface area (TPSA) is 18.5 Å². The highest BCUT2D eigenvalue weighted by Gasteiger charge is 2.01. The molecule has 78 valence electrons. The number of ether oxygens (including phenoxy) is 2. The number of benzene rings is 1. The van der Waals surface area contributed by atoms with Gasteiger partial charge in [0.1, 0.15) is 11.5 Å². The minimum absolute atomic E-state index is 0.515. The number of methoxy groups -OCH3 is 1. The summed E-state index contributed by atoms with van der Waals surface area (Å²) >= 11 is 3.41. The summed E-state index contributed by atoms with van der Waals surface area (Å²) in [5, 5.41) is 0.955. The third-order valence-electron chi connectivity index (χ3n) is 1.84. The molecular weight excluding hydrogens is 244 g/mol. The van der Waals surface area contributed by atoms with Crippen molar-refractivity contribution in [2.24, 2.45) is 5.92 Å². The maximum absolute atomic E-state index is 5.59. The van der Waals surface area contributed by atoms with E-state index >= 15 is 0 Å². The van der Waals surface area contributed by atoms with Gasteiger partial charge in [-0.3, -0.25) is 0 Å². The monoisotopic (exact) mass is 258 g/mol. The number of hydrogen-bond donors (Lipinski definition) is 0. The van der Waals surface area contributed by atoms with Crippen molar-refractivity contribution in [1.29, 1.82) is 0 Å². The van der Waals surface area contributed by atoms with Crippen molar-refractivity contribution in [2.75, 3.05) is 19.0 Å². The second kappa shape index (κ2) is 5.91. The van der Waals surface area contributed by atoms with Crippen LogP contribution < -0.4 is 9.47 Å². The molecule has 0 heterocycles. The number of alkyl halides is 1. The third-order valence-corrected chi connectivity index (χ3v) is 2.94. The number of halogens is 1. The Morgan fingerprint density at radius 1 is 1.36 bits per heavy atom. The van der Waals surface area contributed by atoms with Crippen LogP contribution in [0.1, 0.15) is 6.92 Å². The smallest absolute Gasteiger partial charge is 0.122 e. The van der Waals surface area contributed by atoms with Gasteiger partial charge >= 0.3 is 0 Å². The van der Waals surface area contributed by atoms with Crippen molar-refractivity contribution in [3.63, 3.8) is 0 Å². The number of rotatable bonds is 5. The molecule has 0 aromatic heterocycles. The quantitative estimate of drug-likeness (QED) is 0.756. The van der Waals surface area contributed by atoms with Crippen LogP contribution in [0.25, 0.3) is 0 Å². The minimum Gasteiger partial charge on any atom is -0.497 e. The lowest BCUT2D eigenvalue weighted by Crippen LogP contribution is -2.09. The van der Waals surface area contributed by atoms with Crippen molar-refractivity contribution in [3.8, 4) is 11.5 Å². The van der Waals surface area contributed by atoms with E-state index in [1.54, 1.807) is 7.11 Å². The Morgan fingerprint density at radius 3 is 2.71 bits per heavy atom. The van der Waals surface area contributed by atoms with Gasteiger partial charge in [-0.15, -0.1) is 0 Å². The predicted molar refractivity (Wildman–Crippen MR) is 61.4 cm³/mol. The minimum atomic E-state index is 0.515. The molecule has 1 aromatic rings. The van der Waals surface area contributed by atoms with E-state index in [0.717, 1.165) is 23.4 Å². The maximum atomic E-state index is 5.59. The Labute approximate surface area is 93.4 Å². The van der Waals surface area contributed by atoms with Crippen molar-refractivity contribution < 1.29 is 9.47 Å². The number of hydrogen-bond acceptors (Lipinski definition) is 2. The van der Waals surface area contributed by atoms with Crippen LogP contribution in [-0.2, 0) is 0 Å². The average Bonchev–Trinajstić information content (AvgIpc) is 2.26. The molecular formula is C11H15BrO2. The van der Waals surface area contributed by atoms with E-state index in [0.29, 0.717) is 5.92 Å². The summed E-state index contributed by atoms with van der Waals surface area (Å²) < 4.78 is 10.7. The van der Waals surface area contributed by atoms with Crippen LogP contribution in [0.4, 0.5) is 0 Å². The molecule has 0 aliphatic heterocycles. The van der Waals surface area contributed by atoms with Crippen molar-refractivity contribution in [2.45, 2.75) is 6.92 Å². The molecule has 0 spiro atoms. The maximum Gasteiger partial charge on any atom is 0.122 e. The van der Waals surface area contributed by atoms with Gasteiger partial charge in [-0.2, -0.15) is 0 Å². The average molecular weight is 259 g/mol. The highest BCUT2D eigenvalue weighted by atomic mass is 79.9. The second-order valence-electron chi connectivity index (χ2n) is 3.25. The summed E-state index contributed by atoms with van der Waals surface area (Å²) in [7, 11) is 1.65. The Hall–Kier alpha value is -0.700. The largest absolute Gasteiger partial charge is 0.497 e. The van der Waals surface area contributed by atoms with Crippen LogP contribution in [0, 0.1) is 5.92 Å². The normalized spacial score (nSPS) is 12.2. The van der Waals surface area contributed by atoms with Crippen molar-refractivity contribution in [1.82, 2.24) is 0 Å². The van der Waals surface area contributed by atoms with E-state index in [1.807, 2.05) is 24.3 Å². The molecule has 2 nitrogen and oxygen atoms in total. The van der Waals surface area contributed by atoms with Crippen LogP contribution in [-0.4, -0.2) is 19.0 Å². The summed E-state index contributed by atoms with van der Waals surface area (Å²) in [6, 6.07) is 7.65. The first-order valence-corrected chi connectivity index (χ1v) is 5.71. The molecule has 1 atom stereocenters. The van der Waals surface area contributed by atoms with E-state index in [-0.39, 0.29) is 0 Å². The Morgan fingerprint density at radius 2 is 2.07 bits per heavy atom. The first kappa shape index (κ1) is 11.4. The zero-order chi connectivity index (χ0) is 10.4. The van der Waals surface area contributed by atoms with E-state index in [9.17, 15) is 0 Å². The van der Waals surface area contributed by atoms with Gasteiger partial charge in [-0.1, -0.05) is 28.9 Å². The molecule has 1 rings (SSSR count). The van der Waals surface area contributed by atoms with Crippen molar-refractivity contribution in [3.05, 3.63) is 24.3 Å². The summed E-state index contributed by atoms with van der Waals surface area (Å²) in [6.45, 7) is 2.85. The second-order valence-corrected chi connectivity index (χ2v) is 3.90. The van der Waals surface area contributed by atoms with Crippen LogP contribution in [0.5, 0.6) is 11.5 Å². The van der Waals surface area contributed by atoms with E-state index < -0.39 is 0 Å². The molecule has 0 aliphatic carbocycles. The Balaban J connectivity index is 2.50. The van der Waals surface area contributed by atoms with Gasteiger partial charge in [0.25, 0.3) is 0 Å². The standard InChI is InChI=1S/C11H15BrO2/c1-9(7-12)8-14-11-5-3-4-10(6-11)13-2/h3-6,9H,7-8H2,1-2H3. The SMILES string of the molecule is COc1cccc(OCC(C)CBr)c1. The Kier molecular flexibility index (Phi) is 4.80. The fraction of sp³-hybridized carbons (Fsp3) is 0.455.